The molecule has 0 aliphatic carbocycles. The van der Waals surface area contributed by atoms with Crippen molar-refractivity contribution in [3.8, 4) is 5.75 Å². The standard InChI is InChI=1S/C13H16N2O5/c1-19-11-6-8-14(9-7-11)13(16)20-12-4-2-10(3-5-12)15(17)18/h2-5,11H,6-9H2,1H3. The third-order valence-electron chi connectivity index (χ3n) is 3.29. The second-order valence-corrected chi connectivity index (χ2v) is 4.54. The quantitative estimate of drug-likeness (QED) is 0.626. The highest BCUT2D eigenvalue weighted by atomic mass is 16.6. The van der Waals surface area contributed by atoms with Crippen molar-refractivity contribution in [2.45, 2.75) is 18.9 Å². The van der Waals surface area contributed by atoms with Crippen LogP contribution in [-0.2, 0) is 4.74 Å². The number of nitro benzene ring substituents is 1. The van der Waals surface area contributed by atoms with Crippen LogP contribution in [0.25, 0.3) is 0 Å². The van der Waals surface area contributed by atoms with Crippen LogP contribution in [0.2, 0.25) is 0 Å². The summed E-state index contributed by atoms with van der Waals surface area (Å²) in [4.78, 5) is 23.5. The summed E-state index contributed by atoms with van der Waals surface area (Å²) in [6, 6.07) is 5.44. The van der Waals surface area contributed by atoms with Gasteiger partial charge in [0.25, 0.3) is 5.69 Å². The van der Waals surface area contributed by atoms with E-state index in [0.717, 1.165) is 12.8 Å². The van der Waals surface area contributed by atoms with Gasteiger partial charge in [-0.25, -0.2) is 4.79 Å². The molecule has 108 valence electrons. The predicted molar refractivity (Wildman–Crippen MR) is 70.7 cm³/mol. The largest absolute Gasteiger partial charge is 0.415 e. The molecule has 1 fully saturated rings. The first-order valence-electron chi connectivity index (χ1n) is 6.34. The second-order valence-electron chi connectivity index (χ2n) is 4.54. The maximum atomic E-state index is 11.9. The number of non-ortho nitro benzene ring substituents is 1. The monoisotopic (exact) mass is 280 g/mol. The molecule has 1 aromatic carbocycles. The fourth-order valence-corrected chi connectivity index (χ4v) is 2.08. The van der Waals surface area contributed by atoms with Crippen molar-refractivity contribution >= 4 is 11.8 Å². The molecule has 0 unspecified atom stereocenters. The maximum absolute atomic E-state index is 11.9. The Kier molecular flexibility index (Phi) is 4.52. The van der Waals surface area contributed by atoms with Crippen molar-refractivity contribution in [2.24, 2.45) is 0 Å². The van der Waals surface area contributed by atoms with Crippen molar-refractivity contribution in [3.63, 3.8) is 0 Å². The normalized spacial score (nSPS) is 15.9. The van der Waals surface area contributed by atoms with E-state index in [9.17, 15) is 14.9 Å². The zero-order chi connectivity index (χ0) is 14.5. The zero-order valence-electron chi connectivity index (χ0n) is 11.2. The number of nitrogens with zero attached hydrogens (tertiary/aromatic N) is 2. The van der Waals surface area contributed by atoms with Crippen LogP contribution < -0.4 is 4.74 Å². The summed E-state index contributed by atoms with van der Waals surface area (Å²) in [6.45, 7) is 1.18. The summed E-state index contributed by atoms with van der Waals surface area (Å²) in [5.74, 6) is 0.300. The number of hydrogen-bond acceptors (Lipinski definition) is 5. The average molecular weight is 280 g/mol. The molecule has 1 saturated heterocycles. The van der Waals surface area contributed by atoms with Gasteiger partial charge in [0.15, 0.2) is 0 Å². The molecule has 0 saturated carbocycles. The number of piperidine rings is 1. The van der Waals surface area contributed by atoms with Gasteiger partial charge < -0.3 is 14.4 Å². The van der Waals surface area contributed by atoms with E-state index in [0.29, 0.717) is 18.8 Å². The summed E-state index contributed by atoms with van der Waals surface area (Å²) in [6.07, 6.45) is 1.32. The molecule has 0 aromatic heterocycles. The molecule has 0 spiro atoms. The lowest BCUT2D eigenvalue weighted by molar-refractivity contribution is -0.384. The van der Waals surface area contributed by atoms with Crippen LogP contribution in [0.3, 0.4) is 0 Å². The summed E-state index contributed by atoms with van der Waals surface area (Å²) in [5.41, 5.74) is -0.0364. The number of benzene rings is 1. The molecular formula is C13H16N2O5. The SMILES string of the molecule is COC1CCN(C(=O)Oc2ccc([N+](=O)[O-])cc2)CC1. The summed E-state index contributed by atoms with van der Waals surface area (Å²) < 4.78 is 10.4. The number of carbonyl (C=O) groups excluding carboxylic acids is 1. The van der Waals surface area contributed by atoms with Gasteiger partial charge in [0.1, 0.15) is 5.75 Å². The van der Waals surface area contributed by atoms with Gasteiger partial charge in [-0.15, -0.1) is 0 Å². The average Bonchev–Trinajstić information content (AvgIpc) is 2.48. The first-order valence-corrected chi connectivity index (χ1v) is 6.34. The van der Waals surface area contributed by atoms with E-state index in [1.54, 1.807) is 12.0 Å². The van der Waals surface area contributed by atoms with Crippen molar-refractivity contribution in [3.05, 3.63) is 34.4 Å². The molecule has 1 aliphatic heterocycles. The smallest absolute Gasteiger partial charge is 0.410 e. The lowest BCUT2D eigenvalue weighted by Crippen LogP contribution is -2.42. The Bertz CT molecular complexity index is 480. The first kappa shape index (κ1) is 14.3. The Morgan fingerprint density at radius 3 is 2.40 bits per heavy atom. The highest BCUT2D eigenvalue weighted by molar-refractivity contribution is 5.70. The Morgan fingerprint density at radius 1 is 1.30 bits per heavy atom. The Morgan fingerprint density at radius 2 is 1.90 bits per heavy atom. The molecule has 1 aliphatic rings. The fourth-order valence-electron chi connectivity index (χ4n) is 2.08. The van der Waals surface area contributed by atoms with Crippen molar-refractivity contribution in [1.82, 2.24) is 4.90 Å². The highest BCUT2D eigenvalue weighted by Gasteiger charge is 2.23. The van der Waals surface area contributed by atoms with E-state index in [1.807, 2.05) is 0 Å². The van der Waals surface area contributed by atoms with Gasteiger partial charge in [-0.2, -0.15) is 0 Å². The van der Waals surface area contributed by atoms with Crippen molar-refractivity contribution < 1.29 is 19.2 Å². The first-order chi connectivity index (χ1) is 9.60. The van der Waals surface area contributed by atoms with Gasteiger partial charge in [-0.05, 0) is 25.0 Å². The molecule has 1 aromatic rings. The number of likely N-dealkylation sites (tertiary alicyclic amines) is 1. The van der Waals surface area contributed by atoms with Crippen LogP contribution in [0.1, 0.15) is 12.8 Å². The van der Waals surface area contributed by atoms with Crippen LogP contribution in [0.5, 0.6) is 5.75 Å². The summed E-state index contributed by atoms with van der Waals surface area (Å²) >= 11 is 0. The molecule has 0 atom stereocenters. The Hall–Kier alpha value is -2.15. The van der Waals surface area contributed by atoms with E-state index in [4.69, 9.17) is 9.47 Å². The Balaban J connectivity index is 1.90. The Labute approximate surface area is 116 Å². The zero-order valence-corrected chi connectivity index (χ0v) is 11.2. The molecule has 0 radical (unpaired) electrons. The van der Waals surface area contributed by atoms with Gasteiger partial charge >= 0.3 is 6.09 Å². The van der Waals surface area contributed by atoms with Gasteiger partial charge in [-0.1, -0.05) is 0 Å². The van der Waals surface area contributed by atoms with Crippen LogP contribution in [0.4, 0.5) is 10.5 Å². The van der Waals surface area contributed by atoms with Crippen LogP contribution in [0, 0.1) is 10.1 Å². The maximum Gasteiger partial charge on any atom is 0.415 e. The molecule has 2 rings (SSSR count). The van der Waals surface area contributed by atoms with Crippen molar-refractivity contribution in [1.29, 1.82) is 0 Å². The second kappa shape index (κ2) is 6.33. The van der Waals surface area contributed by atoms with Gasteiger partial charge in [0.05, 0.1) is 11.0 Å². The van der Waals surface area contributed by atoms with E-state index >= 15 is 0 Å². The lowest BCUT2D eigenvalue weighted by atomic mass is 10.1. The third-order valence-corrected chi connectivity index (χ3v) is 3.29. The van der Waals surface area contributed by atoms with Gasteiger partial charge in [0, 0.05) is 32.3 Å². The minimum Gasteiger partial charge on any atom is -0.410 e. The van der Waals surface area contributed by atoms with E-state index in [-0.39, 0.29) is 11.8 Å². The number of nitro groups is 1. The summed E-state index contributed by atoms with van der Waals surface area (Å²) in [5, 5.41) is 10.5. The number of rotatable bonds is 3. The third kappa shape index (κ3) is 3.45. The van der Waals surface area contributed by atoms with Gasteiger partial charge in [0.2, 0.25) is 0 Å². The molecule has 7 heteroatoms. The molecule has 7 nitrogen and oxygen atoms in total. The lowest BCUT2D eigenvalue weighted by Gasteiger charge is -2.30. The predicted octanol–water partition coefficient (Wildman–Crippen LogP) is 2.20. The molecule has 1 amide bonds. The molecule has 1 heterocycles. The number of ether oxygens (including phenoxy) is 2. The van der Waals surface area contributed by atoms with Gasteiger partial charge in [-0.3, -0.25) is 10.1 Å². The number of hydrogen-bond donors (Lipinski definition) is 0. The van der Waals surface area contributed by atoms with E-state index < -0.39 is 11.0 Å². The molecule has 20 heavy (non-hydrogen) atoms. The topological polar surface area (TPSA) is 81.9 Å². The van der Waals surface area contributed by atoms with Crippen LogP contribution >= 0.6 is 0 Å². The van der Waals surface area contributed by atoms with E-state index in [2.05, 4.69) is 0 Å². The minimum absolute atomic E-state index is 0.0364. The van der Waals surface area contributed by atoms with Crippen LogP contribution in [-0.4, -0.2) is 42.2 Å². The minimum atomic E-state index is -0.499. The molecule has 0 bridgehead atoms. The van der Waals surface area contributed by atoms with Crippen LogP contribution in [0.15, 0.2) is 24.3 Å². The number of methoxy groups -OCH3 is 1. The molecular weight excluding hydrogens is 264 g/mol. The van der Waals surface area contributed by atoms with E-state index in [1.165, 1.54) is 24.3 Å². The highest BCUT2D eigenvalue weighted by Crippen LogP contribution is 2.19. The summed E-state index contributed by atoms with van der Waals surface area (Å²) in [7, 11) is 1.66. The number of amides is 1. The molecule has 0 N–H and O–H groups in total. The number of carbonyl (C=O) groups is 1. The van der Waals surface area contributed by atoms with Crippen molar-refractivity contribution in [2.75, 3.05) is 20.2 Å². The fraction of sp³-hybridized carbons (Fsp3) is 0.462.